The number of carbonyl (C=O) groups excluding carboxylic acids is 2. The molecule has 10 heteroatoms. The standard InChI is InChI=1S/C39H50N4O5S/c1-26-19-31(13-18-37(26)47-2)28-9-7-27(8-10-28)22-42(34-6-4-5-30(20-34)32-21-40-43(23-32)33-14-15-33)38(44)29-11-16-35(17-12-29)48-39(45)41-24-36(25-41)49(3)46/h4-6,13,18-21,23,27-29,33,35-36H,7-12,14-17,22,24-25H2,1-3H3. The number of ether oxygens (including phenoxy) is 2. The Balaban J connectivity index is 1.02. The lowest BCUT2D eigenvalue weighted by Gasteiger charge is -2.39. The van der Waals surface area contributed by atoms with Crippen LogP contribution in [0.15, 0.2) is 54.9 Å². The number of rotatable bonds is 10. The predicted molar refractivity (Wildman–Crippen MR) is 192 cm³/mol. The molecule has 7 rings (SSSR count). The number of anilines is 1. The lowest BCUT2D eigenvalue weighted by atomic mass is 9.78. The highest BCUT2D eigenvalue weighted by Gasteiger charge is 2.37. The van der Waals surface area contributed by atoms with Gasteiger partial charge in [-0.25, -0.2) is 4.79 Å². The van der Waals surface area contributed by atoms with Gasteiger partial charge in [0.15, 0.2) is 0 Å². The van der Waals surface area contributed by atoms with E-state index in [9.17, 15) is 13.8 Å². The fraction of sp³-hybridized carbons (Fsp3) is 0.564. The van der Waals surface area contributed by atoms with Gasteiger partial charge >= 0.3 is 6.09 Å². The number of likely N-dealkylation sites (tertiary alicyclic amines) is 1. The molecule has 262 valence electrons. The van der Waals surface area contributed by atoms with Gasteiger partial charge in [0.2, 0.25) is 5.91 Å². The minimum Gasteiger partial charge on any atom is -0.496 e. The van der Waals surface area contributed by atoms with E-state index < -0.39 is 10.8 Å². The van der Waals surface area contributed by atoms with Gasteiger partial charge in [-0.3, -0.25) is 13.7 Å². The van der Waals surface area contributed by atoms with E-state index in [0.29, 0.717) is 63.2 Å². The Hall–Kier alpha value is -3.66. The molecule has 1 aliphatic heterocycles. The van der Waals surface area contributed by atoms with Crippen LogP contribution in [0.4, 0.5) is 10.5 Å². The van der Waals surface area contributed by atoms with Crippen molar-refractivity contribution in [1.29, 1.82) is 0 Å². The number of methoxy groups -OCH3 is 1. The smallest absolute Gasteiger partial charge is 0.410 e. The fourth-order valence-corrected chi connectivity index (χ4v) is 8.74. The molecule has 49 heavy (non-hydrogen) atoms. The second-order valence-corrected chi connectivity index (χ2v) is 16.4. The lowest BCUT2D eigenvalue weighted by molar-refractivity contribution is -0.124. The summed E-state index contributed by atoms with van der Waals surface area (Å²) in [4.78, 5) is 30.8. The first-order valence-electron chi connectivity index (χ1n) is 18.1. The Morgan fingerprint density at radius 3 is 2.37 bits per heavy atom. The number of nitrogens with zero attached hydrogens (tertiary/aromatic N) is 4. The van der Waals surface area contributed by atoms with Gasteiger partial charge < -0.3 is 19.3 Å². The normalized spacial score (nSPS) is 24.9. The lowest BCUT2D eigenvalue weighted by Crippen LogP contribution is -2.55. The fourth-order valence-electron chi connectivity index (χ4n) is 7.96. The van der Waals surface area contributed by atoms with Crippen molar-refractivity contribution in [3.63, 3.8) is 0 Å². The van der Waals surface area contributed by atoms with E-state index in [0.717, 1.165) is 48.2 Å². The molecule has 1 unspecified atom stereocenters. The molecule has 0 N–H and O–H groups in total. The van der Waals surface area contributed by atoms with E-state index in [1.807, 2.05) is 6.20 Å². The van der Waals surface area contributed by atoms with Crippen LogP contribution in [0.3, 0.4) is 0 Å². The van der Waals surface area contributed by atoms with Crippen LogP contribution in [0.2, 0.25) is 0 Å². The van der Waals surface area contributed by atoms with Crippen LogP contribution in [-0.2, 0) is 20.3 Å². The van der Waals surface area contributed by atoms with Gasteiger partial charge in [0, 0.05) is 60.1 Å². The maximum atomic E-state index is 14.5. The van der Waals surface area contributed by atoms with E-state index in [1.165, 1.54) is 24.0 Å². The summed E-state index contributed by atoms with van der Waals surface area (Å²) in [6.07, 6.45) is 14.8. The molecule has 2 heterocycles. The molecule has 4 fully saturated rings. The van der Waals surface area contributed by atoms with Gasteiger partial charge in [0.05, 0.1) is 24.6 Å². The zero-order chi connectivity index (χ0) is 34.1. The highest BCUT2D eigenvalue weighted by molar-refractivity contribution is 7.85. The van der Waals surface area contributed by atoms with Crippen LogP contribution in [0.25, 0.3) is 11.1 Å². The minimum atomic E-state index is -0.925. The van der Waals surface area contributed by atoms with Crippen molar-refractivity contribution in [2.75, 3.05) is 37.9 Å². The monoisotopic (exact) mass is 686 g/mol. The molecule has 3 aliphatic carbocycles. The number of aromatic nitrogens is 2. The quantitative estimate of drug-likeness (QED) is 0.223. The number of amides is 2. The molecule has 0 bridgehead atoms. The molecule has 1 aromatic heterocycles. The Kier molecular flexibility index (Phi) is 10.1. The molecular formula is C39H50N4O5S. The molecule has 4 aliphatic rings. The molecule has 2 amide bonds. The highest BCUT2D eigenvalue weighted by atomic mass is 32.2. The molecule has 0 radical (unpaired) electrons. The van der Waals surface area contributed by atoms with Crippen molar-refractivity contribution in [2.45, 2.75) is 94.4 Å². The van der Waals surface area contributed by atoms with Crippen molar-refractivity contribution in [2.24, 2.45) is 11.8 Å². The van der Waals surface area contributed by atoms with Crippen molar-refractivity contribution >= 4 is 28.5 Å². The van der Waals surface area contributed by atoms with Gasteiger partial charge in [-0.15, -0.1) is 0 Å². The summed E-state index contributed by atoms with van der Waals surface area (Å²) >= 11 is 0. The zero-order valence-electron chi connectivity index (χ0n) is 29.1. The second-order valence-electron chi connectivity index (χ2n) is 14.8. The average molecular weight is 687 g/mol. The Morgan fingerprint density at radius 2 is 1.69 bits per heavy atom. The summed E-state index contributed by atoms with van der Waals surface area (Å²) in [7, 11) is 0.796. The number of benzene rings is 2. The molecule has 0 spiro atoms. The SMILES string of the molecule is COc1ccc(C2CCC(CN(C(=O)C3CCC(OC(=O)N4CC(S(C)=O)C4)CC3)c3cccc(-c4cnn(C5CC5)c4)c3)CC2)cc1C. The maximum absolute atomic E-state index is 14.5. The molecule has 3 aromatic rings. The van der Waals surface area contributed by atoms with Crippen LogP contribution in [-0.4, -0.2) is 75.2 Å². The molecular weight excluding hydrogens is 637 g/mol. The third-order valence-corrected chi connectivity index (χ3v) is 12.6. The Morgan fingerprint density at radius 1 is 0.939 bits per heavy atom. The van der Waals surface area contributed by atoms with Crippen molar-refractivity contribution in [3.05, 3.63) is 66.0 Å². The minimum absolute atomic E-state index is 0.0430. The number of carbonyl (C=O) groups is 2. The number of hydrogen-bond acceptors (Lipinski definition) is 6. The first-order chi connectivity index (χ1) is 23.7. The summed E-state index contributed by atoms with van der Waals surface area (Å²) in [5.41, 5.74) is 5.67. The summed E-state index contributed by atoms with van der Waals surface area (Å²) in [5, 5.41) is 4.66. The van der Waals surface area contributed by atoms with Crippen molar-refractivity contribution < 1.29 is 23.3 Å². The molecule has 9 nitrogen and oxygen atoms in total. The van der Waals surface area contributed by atoms with Gasteiger partial charge in [-0.1, -0.05) is 24.3 Å². The van der Waals surface area contributed by atoms with E-state index in [4.69, 9.17) is 9.47 Å². The number of hydrogen-bond donors (Lipinski definition) is 0. The van der Waals surface area contributed by atoms with Gasteiger partial charge in [0.1, 0.15) is 11.9 Å². The average Bonchev–Trinajstić information content (AvgIpc) is 3.82. The Labute approximate surface area is 292 Å². The first kappa shape index (κ1) is 33.8. The third kappa shape index (κ3) is 7.74. The summed E-state index contributed by atoms with van der Waals surface area (Å²) in [6.45, 7) is 3.81. The van der Waals surface area contributed by atoms with Gasteiger partial charge in [0.25, 0.3) is 0 Å². The molecule has 2 aromatic carbocycles. The van der Waals surface area contributed by atoms with E-state index in [1.54, 1.807) is 18.3 Å². The van der Waals surface area contributed by atoms with Crippen LogP contribution >= 0.6 is 0 Å². The predicted octanol–water partition coefficient (Wildman–Crippen LogP) is 7.27. The largest absolute Gasteiger partial charge is 0.496 e. The summed E-state index contributed by atoms with van der Waals surface area (Å²) in [6, 6.07) is 15.5. The van der Waals surface area contributed by atoms with Crippen LogP contribution in [0.1, 0.15) is 87.3 Å². The summed E-state index contributed by atoms with van der Waals surface area (Å²) in [5.74, 6) is 1.96. The highest BCUT2D eigenvalue weighted by Crippen LogP contribution is 2.40. The van der Waals surface area contributed by atoms with Crippen molar-refractivity contribution in [1.82, 2.24) is 14.7 Å². The maximum Gasteiger partial charge on any atom is 0.410 e. The second kappa shape index (κ2) is 14.7. The van der Waals surface area contributed by atoms with Gasteiger partial charge in [-0.05, 0) is 118 Å². The van der Waals surface area contributed by atoms with Crippen LogP contribution < -0.4 is 9.64 Å². The first-order valence-corrected chi connectivity index (χ1v) is 19.8. The molecule has 3 saturated carbocycles. The topological polar surface area (TPSA) is 94.0 Å². The molecule has 1 atom stereocenters. The van der Waals surface area contributed by atoms with Gasteiger partial charge in [-0.2, -0.15) is 5.10 Å². The summed E-state index contributed by atoms with van der Waals surface area (Å²) < 4.78 is 25.1. The zero-order valence-corrected chi connectivity index (χ0v) is 29.9. The van der Waals surface area contributed by atoms with E-state index in [2.05, 4.69) is 70.3 Å². The third-order valence-electron chi connectivity index (χ3n) is 11.3. The van der Waals surface area contributed by atoms with Crippen LogP contribution in [0.5, 0.6) is 5.75 Å². The van der Waals surface area contributed by atoms with E-state index in [-0.39, 0.29) is 29.3 Å². The number of aryl methyl sites for hydroxylation is 1. The molecule has 1 saturated heterocycles. The van der Waals surface area contributed by atoms with E-state index >= 15 is 0 Å². The Bertz CT molecular complexity index is 1660. The van der Waals surface area contributed by atoms with Crippen LogP contribution in [0, 0.1) is 18.8 Å². The van der Waals surface area contributed by atoms with Crippen molar-refractivity contribution in [3.8, 4) is 16.9 Å².